The number of nitrogens with zero attached hydrogens (tertiary/aromatic N) is 2. The molecule has 1 N–H and O–H groups in total. The van der Waals surface area contributed by atoms with E-state index >= 15 is 0 Å². The molecule has 1 amide bonds. The Kier molecular flexibility index (Phi) is 5.71. The van der Waals surface area contributed by atoms with E-state index in [0.717, 1.165) is 20.8 Å². The van der Waals surface area contributed by atoms with Gasteiger partial charge in [-0.1, -0.05) is 49.9 Å². The number of nitrogens with one attached hydrogen (secondary N) is 1. The Labute approximate surface area is 156 Å². The molecule has 0 aliphatic heterocycles. The minimum atomic E-state index is 0.0339. The number of para-hydroxylation sites is 1. The van der Waals surface area contributed by atoms with Gasteiger partial charge in [-0.05, 0) is 30.4 Å². The molecule has 0 radical (unpaired) electrons. The number of hydrogen-bond acceptors (Lipinski definition) is 5. The monoisotopic (exact) mass is 371 g/mol. The van der Waals surface area contributed by atoms with Crippen LogP contribution in [0.4, 0.5) is 0 Å². The van der Waals surface area contributed by atoms with E-state index in [9.17, 15) is 4.79 Å². The van der Waals surface area contributed by atoms with Gasteiger partial charge in [-0.3, -0.25) is 4.79 Å². The summed E-state index contributed by atoms with van der Waals surface area (Å²) in [4.78, 5) is 22.6. The first-order chi connectivity index (χ1) is 12.0. The van der Waals surface area contributed by atoms with E-state index in [1.807, 2.05) is 48.7 Å². The second-order valence-corrected chi connectivity index (χ2v) is 8.15. The molecular formula is C19H21N3OS2. The van der Waals surface area contributed by atoms with Crippen molar-refractivity contribution < 1.29 is 4.79 Å². The normalized spacial score (nSPS) is 12.5. The lowest BCUT2D eigenvalue weighted by molar-refractivity contribution is -0.119. The summed E-state index contributed by atoms with van der Waals surface area (Å²) in [6, 6.07) is 12.1. The fourth-order valence-corrected chi connectivity index (χ4v) is 3.76. The van der Waals surface area contributed by atoms with Gasteiger partial charge in [0.15, 0.2) is 5.82 Å². The van der Waals surface area contributed by atoms with E-state index in [4.69, 9.17) is 4.98 Å². The highest BCUT2D eigenvalue weighted by atomic mass is 32.2. The zero-order valence-corrected chi connectivity index (χ0v) is 16.2. The van der Waals surface area contributed by atoms with Crippen LogP contribution in [0.3, 0.4) is 0 Å². The predicted octanol–water partition coefficient (Wildman–Crippen LogP) is 4.61. The van der Waals surface area contributed by atoms with E-state index in [1.165, 1.54) is 11.8 Å². The second-order valence-electron chi connectivity index (χ2n) is 6.24. The average molecular weight is 372 g/mol. The molecule has 1 aromatic carbocycles. The molecule has 0 aliphatic carbocycles. The first kappa shape index (κ1) is 17.9. The molecule has 2 heterocycles. The first-order valence-electron chi connectivity index (χ1n) is 8.27. The third-order valence-corrected chi connectivity index (χ3v) is 5.90. The summed E-state index contributed by atoms with van der Waals surface area (Å²) in [5, 5.41) is 6.89. The van der Waals surface area contributed by atoms with Gasteiger partial charge in [0.1, 0.15) is 5.03 Å². The van der Waals surface area contributed by atoms with Gasteiger partial charge in [-0.25, -0.2) is 9.97 Å². The number of carbonyl (C=O) groups is 1. The molecule has 130 valence electrons. The number of amides is 1. The Morgan fingerprint density at radius 1 is 1.16 bits per heavy atom. The number of fused-ring (bicyclic) bond motifs is 1. The molecular weight excluding hydrogens is 350 g/mol. The van der Waals surface area contributed by atoms with Gasteiger partial charge in [0.25, 0.3) is 0 Å². The average Bonchev–Trinajstić information content (AvgIpc) is 3.14. The Balaban J connectivity index is 1.84. The molecule has 2 aromatic heterocycles. The third-order valence-electron chi connectivity index (χ3n) is 4.04. The van der Waals surface area contributed by atoms with Gasteiger partial charge in [-0.15, -0.1) is 11.3 Å². The molecule has 0 fully saturated rings. The highest BCUT2D eigenvalue weighted by molar-refractivity contribution is 8.00. The van der Waals surface area contributed by atoms with Crippen LogP contribution >= 0.6 is 23.1 Å². The van der Waals surface area contributed by atoms with Gasteiger partial charge in [0, 0.05) is 11.4 Å². The van der Waals surface area contributed by atoms with Gasteiger partial charge < -0.3 is 5.32 Å². The molecule has 0 spiro atoms. The minimum Gasteiger partial charge on any atom is -0.353 e. The third kappa shape index (κ3) is 4.38. The predicted molar refractivity (Wildman–Crippen MR) is 106 cm³/mol. The number of hydrogen-bond donors (Lipinski definition) is 1. The number of thioether (sulfide) groups is 1. The lowest BCUT2D eigenvalue weighted by Gasteiger charge is -2.17. The maximum Gasteiger partial charge on any atom is 0.230 e. The van der Waals surface area contributed by atoms with Crippen LogP contribution in [-0.4, -0.2) is 27.7 Å². The highest BCUT2D eigenvalue weighted by Crippen LogP contribution is 2.29. The highest BCUT2D eigenvalue weighted by Gasteiger charge is 2.14. The Bertz CT molecular complexity index is 862. The molecule has 6 heteroatoms. The van der Waals surface area contributed by atoms with E-state index in [-0.39, 0.29) is 11.9 Å². The van der Waals surface area contributed by atoms with Crippen LogP contribution in [0.5, 0.6) is 0 Å². The number of thiophene rings is 1. The summed E-state index contributed by atoms with van der Waals surface area (Å²) in [5.41, 5.74) is 0.902. The maximum absolute atomic E-state index is 12.2. The molecule has 0 saturated carbocycles. The van der Waals surface area contributed by atoms with Gasteiger partial charge in [0.2, 0.25) is 5.91 Å². The van der Waals surface area contributed by atoms with Crippen LogP contribution in [0.2, 0.25) is 0 Å². The molecule has 3 aromatic rings. The van der Waals surface area contributed by atoms with Crippen LogP contribution in [0.25, 0.3) is 21.6 Å². The van der Waals surface area contributed by atoms with Crippen LogP contribution < -0.4 is 5.32 Å². The van der Waals surface area contributed by atoms with E-state index in [0.29, 0.717) is 17.5 Å². The number of aromatic nitrogens is 2. The van der Waals surface area contributed by atoms with Crippen molar-refractivity contribution in [2.45, 2.75) is 31.8 Å². The van der Waals surface area contributed by atoms with E-state index < -0.39 is 0 Å². The van der Waals surface area contributed by atoms with Crippen molar-refractivity contribution in [2.24, 2.45) is 5.92 Å². The van der Waals surface area contributed by atoms with Crippen LogP contribution in [0.15, 0.2) is 46.8 Å². The van der Waals surface area contributed by atoms with Gasteiger partial charge in [0.05, 0.1) is 16.1 Å². The summed E-state index contributed by atoms with van der Waals surface area (Å²) in [6.07, 6.45) is 0. The van der Waals surface area contributed by atoms with Crippen molar-refractivity contribution in [1.82, 2.24) is 15.3 Å². The lowest BCUT2D eigenvalue weighted by Crippen LogP contribution is -2.37. The van der Waals surface area contributed by atoms with E-state index in [2.05, 4.69) is 24.1 Å². The quantitative estimate of drug-likeness (QED) is 0.508. The first-order valence-corrected chi connectivity index (χ1v) is 10.1. The molecule has 0 saturated heterocycles. The SMILES string of the molecule is CC(C)[C@H](C)NC(=O)CSc1nc(-c2cccs2)nc2ccccc12. The topological polar surface area (TPSA) is 54.9 Å². The molecule has 0 aliphatic rings. The second kappa shape index (κ2) is 7.97. The van der Waals surface area contributed by atoms with Crippen LogP contribution in [0, 0.1) is 5.92 Å². The molecule has 25 heavy (non-hydrogen) atoms. The zero-order chi connectivity index (χ0) is 17.8. The van der Waals surface area contributed by atoms with Crippen molar-refractivity contribution in [3.8, 4) is 10.7 Å². The molecule has 0 bridgehead atoms. The van der Waals surface area contributed by atoms with Crippen LogP contribution in [-0.2, 0) is 4.79 Å². The van der Waals surface area contributed by atoms with Crippen molar-refractivity contribution in [2.75, 3.05) is 5.75 Å². The summed E-state index contributed by atoms with van der Waals surface area (Å²) in [7, 11) is 0. The smallest absolute Gasteiger partial charge is 0.230 e. The van der Waals surface area contributed by atoms with Crippen molar-refractivity contribution in [3.05, 3.63) is 41.8 Å². The Hall–Kier alpha value is -1.92. The number of rotatable bonds is 6. The number of benzene rings is 1. The summed E-state index contributed by atoms with van der Waals surface area (Å²) in [5.74, 6) is 1.51. The Morgan fingerprint density at radius 2 is 1.96 bits per heavy atom. The summed E-state index contributed by atoms with van der Waals surface area (Å²) >= 11 is 3.08. The van der Waals surface area contributed by atoms with E-state index in [1.54, 1.807) is 11.3 Å². The van der Waals surface area contributed by atoms with Gasteiger partial charge in [-0.2, -0.15) is 0 Å². The maximum atomic E-state index is 12.2. The van der Waals surface area contributed by atoms with Crippen molar-refractivity contribution >= 4 is 39.9 Å². The molecule has 1 atom stereocenters. The van der Waals surface area contributed by atoms with Crippen molar-refractivity contribution in [1.29, 1.82) is 0 Å². The largest absolute Gasteiger partial charge is 0.353 e. The standard InChI is InChI=1S/C19H21N3OS2/c1-12(2)13(3)20-17(23)11-25-19-14-7-4-5-8-15(14)21-18(22-19)16-9-6-10-24-16/h4-10,12-13H,11H2,1-3H3,(H,20,23)/t13-/m0/s1. The summed E-state index contributed by atoms with van der Waals surface area (Å²) in [6.45, 7) is 6.23. The number of carbonyl (C=O) groups excluding carboxylic acids is 1. The molecule has 0 unspecified atom stereocenters. The molecule has 3 rings (SSSR count). The van der Waals surface area contributed by atoms with Crippen LogP contribution in [0.1, 0.15) is 20.8 Å². The Morgan fingerprint density at radius 3 is 2.68 bits per heavy atom. The summed E-state index contributed by atoms with van der Waals surface area (Å²) < 4.78 is 0. The van der Waals surface area contributed by atoms with Gasteiger partial charge >= 0.3 is 0 Å². The minimum absolute atomic E-state index is 0.0339. The fourth-order valence-electron chi connectivity index (χ4n) is 2.27. The molecule has 4 nitrogen and oxygen atoms in total. The zero-order valence-electron chi connectivity index (χ0n) is 14.5. The fraction of sp³-hybridized carbons (Fsp3) is 0.316. The lowest BCUT2D eigenvalue weighted by atomic mass is 10.1. The van der Waals surface area contributed by atoms with Crippen molar-refractivity contribution in [3.63, 3.8) is 0 Å².